The summed E-state index contributed by atoms with van der Waals surface area (Å²) in [6, 6.07) is 59.5. The van der Waals surface area contributed by atoms with Gasteiger partial charge in [0.25, 0.3) is 6.02 Å². The number of likely N-dealkylation sites (N-methyl/N-ethyl adjacent to an activating group) is 1. The lowest BCUT2D eigenvalue weighted by Gasteiger charge is -2.20. The summed E-state index contributed by atoms with van der Waals surface area (Å²) < 4.78 is 5.25. The molecular formula is C92H130N16OS. The smallest absolute Gasteiger partial charge is 0.289 e. The Kier molecular flexibility index (Phi) is 39.8. The van der Waals surface area contributed by atoms with Gasteiger partial charge in [-0.3, -0.25) is 30.0 Å². The van der Waals surface area contributed by atoms with E-state index in [0.717, 1.165) is 152 Å². The van der Waals surface area contributed by atoms with E-state index in [0.29, 0.717) is 12.6 Å². The predicted molar refractivity (Wildman–Crippen MR) is 476 cm³/mol. The maximum atomic E-state index is 5.25. The van der Waals surface area contributed by atoms with E-state index >= 15 is 0 Å². The fourth-order valence-electron chi connectivity index (χ4n) is 13.2. The highest BCUT2D eigenvalue weighted by molar-refractivity contribution is 7.99. The van der Waals surface area contributed by atoms with Gasteiger partial charge in [0.2, 0.25) is 0 Å². The van der Waals surface area contributed by atoms with Crippen LogP contribution in [-0.4, -0.2) is 193 Å². The number of guanidine groups is 2. The van der Waals surface area contributed by atoms with Gasteiger partial charge in [-0.15, -0.1) is 0 Å². The number of piperidine rings is 1. The van der Waals surface area contributed by atoms with Crippen LogP contribution in [0.2, 0.25) is 0 Å². The van der Waals surface area contributed by atoms with E-state index in [9.17, 15) is 0 Å². The molecule has 9 aliphatic rings. The van der Waals surface area contributed by atoms with Gasteiger partial charge in [-0.2, -0.15) is 11.8 Å². The lowest BCUT2D eigenvalue weighted by Crippen LogP contribution is -2.29. The minimum absolute atomic E-state index is 0.634. The van der Waals surface area contributed by atoms with Gasteiger partial charge in [0.1, 0.15) is 6.61 Å². The Morgan fingerprint density at radius 3 is 1.08 bits per heavy atom. The topological polar surface area (TPSA) is 178 Å². The number of aliphatic imine (C=N–C) groups is 7. The van der Waals surface area contributed by atoms with Gasteiger partial charge in [0.15, 0.2) is 11.9 Å². The van der Waals surface area contributed by atoms with Gasteiger partial charge >= 0.3 is 0 Å². The molecule has 0 radical (unpaired) electrons. The second-order valence-electron chi connectivity index (χ2n) is 29.2. The third kappa shape index (κ3) is 33.6. The second-order valence-corrected chi connectivity index (χ2v) is 30.5. The van der Waals surface area contributed by atoms with Crippen LogP contribution < -0.4 is 31.9 Å². The molecule has 7 aromatic carbocycles. The molecular weight excluding hydrogens is 1380 g/mol. The number of thioether (sulfide) groups is 1. The molecule has 9 aliphatic heterocycles. The Morgan fingerprint density at radius 2 is 0.745 bits per heavy atom. The standard InChI is InChI=1S/2C13H17N.2C12H16N2.C11H15N3.C10H13N3.C10H12N2O.C6H13N.C5H11NS/c2*1-11-5-2-3-6-12(11)8-9-13-7-4-10-14-13;2*1-10-4-2-3-5-11(10)6-7-12-13-8-9-14-12;1-9-5-3-4-6-10(9)13-11-12-7-8-14(11)2;1-8-4-2-3-5-9(8)13-10-11-6-7-12-10;1-8-4-2-3-5-9(8)12-10-11-6-7-13-10;1-7-5-3-2-4-6-7;1-6-2-4-7-5-3-6/h2*2-3,5-6H,4,7-10H2,1H3;2*2-5H,6-9H2,1H3,(H,13,14);3-6H,7-8H2,1-2H3,(H,12,13);2-5H,6-7H2,1H3,(H2,11,12,13);2-5H,6-7H2,1H3,(H,11,12);2-6H2,1H3;2-5H2,1H3. The highest BCUT2D eigenvalue weighted by atomic mass is 32.2. The molecule has 6 N–H and O–H groups in total. The Balaban J connectivity index is 0.000000157. The van der Waals surface area contributed by atoms with Crippen molar-refractivity contribution < 1.29 is 4.74 Å². The fraction of sp³-hybridized carbons (Fsp3) is 0.467. The highest BCUT2D eigenvalue weighted by Gasteiger charge is 2.15. The number of hydrogen-bond donors (Lipinski definition) is 6. The number of benzene rings is 7. The lowest BCUT2D eigenvalue weighted by molar-refractivity contribution is 0.277. The molecule has 7 aromatic rings. The van der Waals surface area contributed by atoms with E-state index < -0.39 is 0 Å². The number of amidine groups is 3. The van der Waals surface area contributed by atoms with Crippen LogP contribution in [0, 0.1) is 48.5 Å². The molecule has 2 fully saturated rings. The molecule has 0 unspecified atom stereocenters. The van der Waals surface area contributed by atoms with Gasteiger partial charge in [0.05, 0.1) is 44.4 Å². The van der Waals surface area contributed by atoms with Crippen molar-refractivity contribution in [2.45, 2.75) is 145 Å². The Hall–Kier alpha value is -9.10. The number of para-hydroxylation sites is 3. The van der Waals surface area contributed by atoms with E-state index in [1.54, 1.807) is 0 Å². The average molecular weight is 1510 g/mol. The van der Waals surface area contributed by atoms with Crippen molar-refractivity contribution in [1.29, 1.82) is 0 Å². The molecule has 0 aromatic heterocycles. The molecule has 18 heteroatoms. The molecule has 16 rings (SSSR count). The number of nitrogens with zero attached hydrogens (tertiary/aromatic N) is 10. The summed E-state index contributed by atoms with van der Waals surface area (Å²) in [5.74, 6) is 6.86. The van der Waals surface area contributed by atoms with Crippen molar-refractivity contribution in [1.82, 2.24) is 30.7 Å². The van der Waals surface area contributed by atoms with Crippen molar-refractivity contribution in [3.63, 3.8) is 0 Å². The summed E-state index contributed by atoms with van der Waals surface area (Å²) in [7, 11) is 6.43. The van der Waals surface area contributed by atoms with Crippen LogP contribution in [0.4, 0.5) is 17.1 Å². The number of likely N-dealkylation sites (tertiary alicyclic amines) is 1. The van der Waals surface area contributed by atoms with Gasteiger partial charge in [-0.1, -0.05) is 158 Å². The first-order valence-electron chi connectivity index (χ1n) is 40.6. The van der Waals surface area contributed by atoms with Crippen molar-refractivity contribution in [3.8, 4) is 0 Å². The van der Waals surface area contributed by atoms with Crippen molar-refractivity contribution in [2.75, 3.05) is 153 Å². The van der Waals surface area contributed by atoms with Crippen molar-refractivity contribution in [3.05, 3.63) is 231 Å². The molecule has 0 saturated carbocycles. The largest absolute Gasteiger partial charge is 0.463 e. The van der Waals surface area contributed by atoms with E-state index in [1.807, 2.05) is 42.5 Å². The maximum absolute atomic E-state index is 5.25. The summed E-state index contributed by atoms with van der Waals surface area (Å²) in [6.45, 7) is 31.3. The maximum Gasteiger partial charge on any atom is 0.289 e. The molecule has 0 spiro atoms. The zero-order valence-electron chi connectivity index (χ0n) is 68.3. The number of anilines is 3. The fourth-order valence-corrected chi connectivity index (χ4v) is 14.3. The monoisotopic (exact) mass is 1510 g/mol. The number of nitrogens with one attached hydrogen (secondary N) is 6. The number of rotatable bonds is 15. The van der Waals surface area contributed by atoms with E-state index in [1.165, 1.54) is 167 Å². The predicted octanol–water partition coefficient (Wildman–Crippen LogP) is 16.8. The molecule has 0 amide bonds. The van der Waals surface area contributed by atoms with Gasteiger partial charge in [-0.25, -0.2) is 4.99 Å². The summed E-state index contributed by atoms with van der Waals surface area (Å²) in [6.07, 6.45) is 18.2. The quantitative estimate of drug-likeness (QED) is 0.0576. The van der Waals surface area contributed by atoms with Crippen LogP contribution in [0.15, 0.2) is 205 Å². The number of ether oxygens (including phenoxy) is 1. The van der Waals surface area contributed by atoms with E-state index in [4.69, 9.17) is 4.74 Å². The Bertz CT molecular complexity index is 3690. The zero-order chi connectivity index (χ0) is 77.6. The van der Waals surface area contributed by atoms with Crippen LogP contribution in [-0.2, 0) is 30.4 Å². The van der Waals surface area contributed by atoms with Gasteiger partial charge in [0, 0.05) is 112 Å². The molecule has 590 valence electrons. The first-order valence-corrected chi connectivity index (χ1v) is 41.8. The van der Waals surface area contributed by atoms with Crippen LogP contribution in [0.5, 0.6) is 0 Å². The van der Waals surface area contributed by atoms with Crippen LogP contribution in [0.3, 0.4) is 0 Å². The number of aryl methyl sites for hydroxylation is 11. The van der Waals surface area contributed by atoms with E-state index in [2.05, 4.69) is 290 Å². The number of hydrogen-bond acceptors (Lipinski definition) is 18. The van der Waals surface area contributed by atoms with Crippen molar-refractivity contribution >= 4 is 69.9 Å². The molecule has 2 saturated heterocycles. The summed E-state index contributed by atoms with van der Waals surface area (Å²) in [4.78, 5) is 37.5. The molecule has 0 bridgehead atoms. The summed E-state index contributed by atoms with van der Waals surface area (Å²) in [5.41, 5.74) is 21.2. The lowest BCUT2D eigenvalue weighted by atomic mass is 10.0. The molecule has 17 nitrogen and oxygen atoms in total. The minimum atomic E-state index is 0.634. The van der Waals surface area contributed by atoms with Crippen LogP contribution in [0.1, 0.15) is 132 Å². The second kappa shape index (κ2) is 50.6. The minimum Gasteiger partial charge on any atom is -0.463 e. The zero-order valence-corrected chi connectivity index (χ0v) is 69.1. The van der Waals surface area contributed by atoms with E-state index in [-0.39, 0.29) is 0 Å². The normalized spacial score (nSPS) is 16.6. The molecule has 0 aliphatic carbocycles. The van der Waals surface area contributed by atoms with Crippen LogP contribution in [0.25, 0.3) is 0 Å². The highest BCUT2D eigenvalue weighted by Crippen LogP contribution is 2.20. The SMILES string of the molecule is CN1CCCCC1.CN1CCSCC1.Cc1ccccc1CCC1=NCCC1.Cc1ccccc1CCC1=NCCC1.Cc1ccccc1CCC1=NCCN1.Cc1ccccc1CCC1=NCCN1.Cc1ccccc1NC1=NCCN1.Cc1ccccc1NC1=NCCN1C.Cc1ccccc1NC1=NCCO1. The Morgan fingerprint density at radius 1 is 0.345 bits per heavy atom. The van der Waals surface area contributed by atoms with Crippen LogP contribution >= 0.6 is 11.8 Å². The van der Waals surface area contributed by atoms with Gasteiger partial charge in [-0.05, 0) is 232 Å². The molecule has 110 heavy (non-hydrogen) atoms. The average Bonchev–Trinajstić information content (AvgIpc) is 1.65. The first kappa shape index (κ1) is 86.5. The third-order valence-corrected chi connectivity index (χ3v) is 21.3. The first-order chi connectivity index (χ1) is 53.7. The summed E-state index contributed by atoms with van der Waals surface area (Å²) in [5, 5.41) is 19.5. The van der Waals surface area contributed by atoms with Crippen molar-refractivity contribution in [2.24, 2.45) is 34.9 Å². The summed E-state index contributed by atoms with van der Waals surface area (Å²) >= 11 is 2.06. The Labute approximate surface area is 665 Å². The van der Waals surface area contributed by atoms with Gasteiger partial charge < -0.3 is 51.3 Å². The molecule has 0 atom stereocenters. The third-order valence-electron chi connectivity index (χ3n) is 20.4. The molecule has 9 heterocycles.